The molecule has 0 bridgehead atoms. The molecule has 30 heavy (non-hydrogen) atoms. The molecule has 0 spiro atoms. The van der Waals surface area contributed by atoms with Crippen molar-refractivity contribution in [1.29, 1.82) is 0 Å². The minimum atomic E-state index is -0.581. The maximum atomic E-state index is 14.7. The van der Waals surface area contributed by atoms with E-state index >= 15 is 0 Å². The number of carbonyl (C=O) groups is 2. The molecular formula is C22H33FN2O5. The van der Waals surface area contributed by atoms with Crippen molar-refractivity contribution >= 4 is 12.2 Å². The van der Waals surface area contributed by atoms with Crippen LogP contribution in [0.1, 0.15) is 50.8 Å². The second-order valence-corrected chi connectivity index (χ2v) is 8.56. The Bertz CT molecular complexity index is 735. The van der Waals surface area contributed by atoms with Gasteiger partial charge in [0.05, 0.1) is 19.8 Å². The van der Waals surface area contributed by atoms with Crippen LogP contribution in [0.4, 0.5) is 14.0 Å². The molecule has 2 atom stereocenters. The number of rotatable bonds is 6. The van der Waals surface area contributed by atoms with Crippen LogP contribution >= 0.6 is 0 Å². The summed E-state index contributed by atoms with van der Waals surface area (Å²) in [5.74, 6) is -0.443. The average Bonchev–Trinajstić information content (AvgIpc) is 2.68. The Kier molecular flexibility index (Phi) is 8.46. The van der Waals surface area contributed by atoms with Gasteiger partial charge in [0.25, 0.3) is 0 Å². The summed E-state index contributed by atoms with van der Waals surface area (Å²) in [6.07, 6.45) is 0.0996. The zero-order valence-electron chi connectivity index (χ0n) is 18.5. The van der Waals surface area contributed by atoms with Crippen molar-refractivity contribution < 1.29 is 28.2 Å². The largest absolute Gasteiger partial charge is 0.453 e. The van der Waals surface area contributed by atoms with E-state index < -0.39 is 17.8 Å². The van der Waals surface area contributed by atoms with Crippen LogP contribution in [-0.4, -0.2) is 56.0 Å². The van der Waals surface area contributed by atoms with Gasteiger partial charge in [-0.25, -0.2) is 14.0 Å². The van der Waals surface area contributed by atoms with E-state index in [0.717, 1.165) is 18.4 Å². The lowest BCUT2D eigenvalue weighted by molar-refractivity contribution is -0.0258. The van der Waals surface area contributed by atoms with Crippen molar-refractivity contribution in [3.05, 3.63) is 35.1 Å². The Balaban J connectivity index is 2.15. The summed E-state index contributed by atoms with van der Waals surface area (Å²) in [7, 11) is 1.29. The quantitative estimate of drug-likeness (QED) is 0.693. The maximum Gasteiger partial charge on any atom is 0.410 e. The highest BCUT2D eigenvalue weighted by Crippen LogP contribution is 2.35. The standard InChI is InChI=1S/C22H33FN2O5/c1-15-8-9-18(23)17(13-15)19(29-12-10-24-20(26)28-5)16-7-6-11-25(14-16)21(27)30-22(2,3)4/h8-9,13,16,19H,6-7,10-12,14H2,1-5H3,(H,24,26). The summed E-state index contributed by atoms with van der Waals surface area (Å²) in [4.78, 5) is 25.5. The van der Waals surface area contributed by atoms with E-state index in [4.69, 9.17) is 9.47 Å². The molecule has 7 nitrogen and oxygen atoms in total. The fraction of sp³-hybridized carbons (Fsp3) is 0.636. The number of hydrogen-bond acceptors (Lipinski definition) is 5. The van der Waals surface area contributed by atoms with Gasteiger partial charge in [0.15, 0.2) is 0 Å². The molecule has 1 aromatic carbocycles. The van der Waals surface area contributed by atoms with E-state index in [1.165, 1.54) is 13.2 Å². The molecule has 1 heterocycles. The number of nitrogens with one attached hydrogen (secondary N) is 1. The fourth-order valence-electron chi connectivity index (χ4n) is 3.52. The number of halogens is 1. The van der Waals surface area contributed by atoms with E-state index in [2.05, 4.69) is 10.1 Å². The van der Waals surface area contributed by atoms with E-state index in [9.17, 15) is 14.0 Å². The molecule has 2 rings (SSSR count). The minimum Gasteiger partial charge on any atom is -0.453 e. The van der Waals surface area contributed by atoms with Crippen molar-refractivity contribution in [2.45, 2.75) is 52.2 Å². The van der Waals surface area contributed by atoms with Gasteiger partial charge in [-0.1, -0.05) is 17.7 Å². The van der Waals surface area contributed by atoms with E-state index in [1.807, 2.05) is 27.7 Å². The maximum absolute atomic E-state index is 14.7. The highest BCUT2D eigenvalue weighted by atomic mass is 19.1. The normalized spacial score (nSPS) is 17.9. The summed E-state index contributed by atoms with van der Waals surface area (Å²) in [5, 5.41) is 2.56. The summed E-state index contributed by atoms with van der Waals surface area (Å²) in [6, 6.07) is 4.92. The molecule has 8 heteroatoms. The number of hydrogen-bond donors (Lipinski definition) is 1. The molecule has 1 aliphatic rings. The van der Waals surface area contributed by atoms with Crippen LogP contribution in [0.5, 0.6) is 0 Å². The molecule has 1 aliphatic heterocycles. The molecule has 1 aromatic rings. The Hall–Kier alpha value is -2.35. The first kappa shape index (κ1) is 23.9. The van der Waals surface area contributed by atoms with Crippen molar-refractivity contribution in [2.75, 3.05) is 33.4 Å². The van der Waals surface area contributed by atoms with Crippen molar-refractivity contribution in [3.8, 4) is 0 Å². The monoisotopic (exact) mass is 424 g/mol. The minimum absolute atomic E-state index is 0.0966. The summed E-state index contributed by atoms with van der Waals surface area (Å²) < 4.78 is 30.8. The predicted molar refractivity (Wildman–Crippen MR) is 111 cm³/mol. The number of benzene rings is 1. The second kappa shape index (κ2) is 10.6. The topological polar surface area (TPSA) is 77.1 Å². The first-order valence-corrected chi connectivity index (χ1v) is 10.3. The van der Waals surface area contributed by atoms with Gasteiger partial charge >= 0.3 is 12.2 Å². The summed E-state index contributed by atoms with van der Waals surface area (Å²) >= 11 is 0. The molecule has 0 saturated carbocycles. The lowest BCUT2D eigenvalue weighted by Crippen LogP contribution is -2.44. The highest BCUT2D eigenvalue weighted by molar-refractivity contribution is 5.68. The van der Waals surface area contributed by atoms with Crippen LogP contribution in [0.2, 0.25) is 0 Å². The molecule has 2 unspecified atom stereocenters. The van der Waals surface area contributed by atoms with Gasteiger partial charge < -0.3 is 24.4 Å². The number of piperidine rings is 1. The fourth-order valence-corrected chi connectivity index (χ4v) is 3.52. The van der Waals surface area contributed by atoms with Crippen molar-refractivity contribution in [1.82, 2.24) is 10.2 Å². The molecule has 0 radical (unpaired) electrons. The van der Waals surface area contributed by atoms with Crippen LogP contribution in [0.25, 0.3) is 0 Å². The Labute approximate surface area is 177 Å². The number of ether oxygens (including phenoxy) is 3. The molecule has 1 N–H and O–H groups in total. The number of aryl methyl sites for hydroxylation is 1. The van der Waals surface area contributed by atoms with Gasteiger partial charge in [-0.3, -0.25) is 0 Å². The van der Waals surface area contributed by atoms with Gasteiger partial charge in [0.2, 0.25) is 0 Å². The third-order valence-corrected chi connectivity index (χ3v) is 4.85. The van der Waals surface area contributed by atoms with E-state index in [0.29, 0.717) is 18.7 Å². The zero-order valence-corrected chi connectivity index (χ0v) is 18.5. The lowest BCUT2D eigenvalue weighted by Gasteiger charge is -2.37. The lowest BCUT2D eigenvalue weighted by atomic mass is 9.87. The Morgan fingerprint density at radius 1 is 1.33 bits per heavy atom. The van der Waals surface area contributed by atoms with Gasteiger partial charge in [-0.2, -0.15) is 0 Å². The molecular weight excluding hydrogens is 391 g/mol. The highest BCUT2D eigenvalue weighted by Gasteiger charge is 2.34. The number of amides is 2. The number of nitrogens with zero attached hydrogens (tertiary/aromatic N) is 1. The van der Waals surface area contributed by atoms with Gasteiger partial charge in [0, 0.05) is 31.1 Å². The smallest absolute Gasteiger partial charge is 0.410 e. The number of methoxy groups -OCH3 is 1. The van der Waals surface area contributed by atoms with Crippen LogP contribution in [-0.2, 0) is 14.2 Å². The molecule has 2 amide bonds. The second-order valence-electron chi connectivity index (χ2n) is 8.56. The molecule has 0 aromatic heterocycles. The summed E-state index contributed by atoms with van der Waals surface area (Å²) in [6.45, 7) is 8.82. The molecule has 0 aliphatic carbocycles. The Morgan fingerprint density at radius 3 is 2.73 bits per heavy atom. The van der Waals surface area contributed by atoms with Crippen LogP contribution < -0.4 is 5.32 Å². The third kappa shape index (κ3) is 7.16. The first-order chi connectivity index (χ1) is 14.1. The number of carbonyl (C=O) groups excluding carboxylic acids is 2. The van der Waals surface area contributed by atoms with Crippen LogP contribution in [0.3, 0.4) is 0 Å². The molecule has 1 fully saturated rings. The third-order valence-electron chi connectivity index (χ3n) is 4.85. The first-order valence-electron chi connectivity index (χ1n) is 10.3. The molecule has 168 valence electrons. The Morgan fingerprint density at radius 2 is 2.07 bits per heavy atom. The average molecular weight is 425 g/mol. The van der Waals surface area contributed by atoms with E-state index in [1.54, 1.807) is 17.0 Å². The van der Waals surface area contributed by atoms with Crippen molar-refractivity contribution in [3.63, 3.8) is 0 Å². The predicted octanol–water partition coefficient (Wildman–Crippen LogP) is 4.19. The summed E-state index contributed by atoms with van der Waals surface area (Å²) in [5.41, 5.74) is 0.805. The van der Waals surface area contributed by atoms with Gasteiger partial charge in [-0.05, 0) is 46.6 Å². The number of alkyl carbamates (subject to hydrolysis) is 1. The molecule has 1 saturated heterocycles. The number of likely N-dealkylation sites (tertiary alicyclic amines) is 1. The van der Waals surface area contributed by atoms with Crippen LogP contribution in [0.15, 0.2) is 18.2 Å². The SMILES string of the molecule is COC(=O)NCCOC(c1cc(C)ccc1F)C1CCCN(C(=O)OC(C)(C)C)C1. The zero-order chi connectivity index (χ0) is 22.3. The van der Waals surface area contributed by atoms with Gasteiger partial charge in [0.1, 0.15) is 11.4 Å². The van der Waals surface area contributed by atoms with E-state index in [-0.39, 0.29) is 31.0 Å². The van der Waals surface area contributed by atoms with Gasteiger partial charge in [-0.15, -0.1) is 0 Å². The van der Waals surface area contributed by atoms with Crippen molar-refractivity contribution in [2.24, 2.45) is 5.92 Å². The van der Waals surface area contributed by atoms with Crippen LogP contribution in [0, 0.1) is 18.7 Å².